The van der Waals surface area contributed by atoms with Gasteiger partial charge in [0.25, 0.3) is 0 Å². The molecule has 8 atom stereocenters. The molecule has 3 aliphatic heterocycles. The molecule has 28 nitrogen and oxygen atoms in total. The largest absolute Gasteiger partial charge is 0.504 e. The zero-order chi connectivity index (χ0) is 50.8. The van der Waals surface area contributed by atoms with E-state index in [1.807, 2.05) is 0 Å². The lowest BCUT2D eigenvalue weighted by atomic mass is 9.76. The summed E-state index contributed by atoms with van der Waals surface area (Å²) in [6.07, 6.45) is -16.8. The summed E-state index contributed by atoms with van der Waals surface area (Å²) in [6.45, 7) is -1.37. The van der Waals surface area contributed by atoms with Gasteiger partial charge < -0.3 is 105 Å². The minimum Gasteiger partial charge on any atom is -0.504 e. The molecule has 0 radical (unpaired) electrons. The number of esters is 5. The van der Waals surface area contributed by atoms with Gasteiger partial charge in [0.15, 0.2) is 70.1 Å². The Kier molecular flexibility index (Phi) is 12.1. The van der Waals surface area contributed by atoms with Crippen molar-refractivity contribution in [1.29, 1.82) is 0 Å². The van der Waals surface area contributed by atoms with Crippen LogP contribution < -0.4 is 0 Å². The Labute approximate surface area is 380 Å². The van der Waals surface area contributed by atoms with E-state index in [-0.39, 0.29) is 0 Å². The van der Waals surface area contributed by atoms with E-state index in [1.54, 1.807) is 0 Å². The molecule has 0 amide bonds. The van der Waals surface area contributed by atoms with Gasteiger partial charge in [0, 0.05) is 16.7 Å². The molecule has 69 heavy (non-hydrogen) atoms. The average molecular weight is 973 g/mol. The number of fused-ring (bicyclic) bond motifs is 6. The van der Waals surface area contributed by atoms with Gasteiger partial charge in [-0.15, -0.1) is 0 Å². The van der Waals surface area contributed by atoms with Crippen LogP contribution in [0.5, 0.6) is 69.0 Å². The van der Waals surface area contributed by atoms with Crippen LogP contribution >= 0.6 is 0 Å². The number of aliphatic carboxylic acids is 2. The molecule has 3 unspecified atom stereocenters. The van der Waals surface area contributed by atoms with Crippen LogP contribution in [0.3, 0.4) is 0 Å². The number of aliphatic hydroxyl groups is 1. The fourth-order valence-corrected chi connectivity index (χ4v) is 7.79. The maximum absolute atomic E-state index is 14.5. The van der Waals surface area contributed by atoms with E-state index in [0.29, 0.717) is 30.3 Å². The maximum atomic E-state index is 14.5. The molecule has 7 rings (SSSR count). The van der Waals surface area contributed by atoms with Crippen molar-refractivity contribution in [3.63, 3.8) is 0 Å². The molecule has 2 bridgehead atoms. The molecule has 364 valence electrons. The standard InChI is InChI=1S/C41H32O28/c42-13-1-8(2-14(43)24(13)49)36(59)69-41-31(56)34-32(66-40(63)12(6-19(47)48)23-22-11(5-17(46)27(52)30(22)55)38(61)67-33(23)35(57)58)18(65-41)7-64-37(60)9-3-15(44)25(50)28(53)20(9)21-10(39(62)68-34)4-16(45)26(51)29(21)54/h1-5,12,18,23,31-34,41-46,49-56H,6-7H2,(H,47,48)(H,57,58)/t12?,18-,23?,31+,32-,33?,34+,41+/m1/s1. The highest BCUT2D eigenvalue weighted by atomic mass is 16.7. The Bertz CT molecular complexity index is 2880. The minimum absolute atomic E-state index is 0.332. The van der Waals surface area contributed by atoms with Crippen LogP contribution in [-0.2, 0) is 42.8 Å². The van der Waals surface area contributed by atoms with E-state index in [0.717, 1.165) is 0 Å². The first-order valence-corrected chi connectivity index (χ1v) is 19.2. The molecule has 0 aromatic heterocycles. The fraction of sp³-hybridized carbons (Fsp3) is 0.244. The summed E-state index contributed by atoms with van der Waals surface area (Å²) in [6, 6.07) is 2.33. The van der Waals surface area contributed by atoms with Crippen molar-refractivity contribution in [2.75, 3.05) is 6.61 Å². The summed E-state index contributed by atoms with van der Waals surface area (Å²) in [5.41, 5.74) is -7.14. The third kappa shape index (κ3) is 8.20. The monoisotopic (exact) mass is 972 g/mol. The molecule has 1 saturated heterocycles. The number of phenolic OH excluding ortho intramolecular Hbond substituents is 12. The van der Waals surface area contributed by atoms with Crippen LogP contribution in [0.15, 0.2) is 30.3 Å². The van der Waals surface area contributed by atoms with E-state index < -0.39 is 211 Å². The molecular weight excluding hydrogens is 940 g/mol. The van der Waals surface area contributed by atoms with E-state index >= 15 is 0 Å². The van der Waals surface area contributed by atoms with Gasteiger partial charge in [0.1, 0.15) is 12.7 Å². The highest BCUT2D eigenvalue weighted by molar-refractivity contribution is 6.08. The maximum Gasteiger partial charge on any atom is 0.345 e. The van der Waals surface area contributed by atoms with Gasteiger partial charge in [-0.2, -0.15) is 0 Å². The number of aliphatic hydroxyl groups excluding tert-OH is 1. The highest BCUT2D eigenvalue weighted by Gasteiger charge is 2.55. The number of hydrogen-bond acceptors (Lipinski definition) is 26. The van der Waals surface area contributed by atoms with Crippen LogP contribution in [-0.4, -0.2) is 162 Å². The summed E-state index contributed by atoms with van der Waals surface area (Å²) < 4.78 is 32.2. The van der Waals surface area contributed by atoms with Gasteiger partial charge in [0.2, 0.25) is 29.6 Å². The molecule has 4 aromatic carbocycles. The predicted molar refractivity (Wildman–Crippen MR) is 210 cm³/mol. The van der Waals surface area contributed by atoms with Crippen molar-refractivity contribution in [2.24, 2.45) is 5.92 Å². The molecule has 15 N–H and O–H groups in total. The van der Waals surface area contributed by atoms with Crippen molar-refractivity contribution in [2.45, 2.75) is 49.1 Å². The lowest BCUT2D eigenvalue weighted by Crippen LogP contribution is -2.62. The van der Waals surface area contributed by atoms with E-state index in [9.17, 15) is 110 Å². The third-order valence-electron chi connectivity index (χ3n) is 11.0. The number of benzene rings is 4. The Balaban J connectivity index is 1.40. The number of carboxylic acid groups (broad SMARTS) is 2. The Morgan fingerprint density at radius 1 is 0.609 bits per heavy atom. The number of carbonyl (C=O) groups is 7. The molecule has 4 aromatic rings. The molecule has 28 heteroatoms. The van der Waals surface area contributed by atoms with Crippen molar-refractivity contribution < 1.29 is 139 Å². The Hall–Kier alpha value is -9.31. The quantitative estimate of drug-likeness (QED) is 0.0621. The zero-order valence-electron chi connectivity index (χ0n) is 33.9. The predicted octanol–water partition coefficient (Wildman–Crippen LogP) is -0.131. The topological polar surface area (TPSA) is 478 Å². The van der Waals surface area contributed by atoms with Crippen molar-refractivity contribution in [3.8, 4) is 80.1 Å². The second-order valence-electron chi connectivity index (χ2n) is 15.2. The molecule has 0 aliphatic carbocycles. The summed E-state index contributed by atoms with van der Waals surface area (Å²) >= 11 is 0. The summed E-state index contributed by atoms with van der Waals surface area (Å²) in [7, 11) is 0. The van der Waals surface area contributed by atoms with E-state index in [1.165, 1.54) is 0 Å². The van der Waals surface area contributed by atoms with Gasteiger partial charge in [-0.1, -0.05) is 0 Å². The number of ether oxygens (including phenoxy) is 6. The number of phenols is 12. The van der Waals surface area contributed by atoms with Crippen LogP contribution in [0.25, 0.3) is 11.1 Å². The fourth-order valence-electron chi connectivity index (χ4n) is 7.79. The number of hydrogen-bond donors (Lipinski definition) is 15. The number of rotatable bonds is 8. The van der Waals surface area contributed by atoms with Gasteiger partial charge in [0.05, 0.1) is 40.5 Å². The normalized spacial score (nSPS) is 22.3. The lowest BCUT2D eigenvalue weighted by molar-refractivity contribution is -0.288. The molecular formula is C41H32O28. The van der Waals surface area contributed by atoms with Crippen LogP contribution in [0, 0.1) is 5.92 Å². The third-order valence-corrected chi connectivity index (χ3v) is 11.0. The van der Waals surface area contributed by atoms with Gasteiger partial charge in [-0.05, 0) is 30.3 Å². The van der Waals surface area contributed by atoms with Gasteiger partial charge >= 0.3 is 41.8 Å². The number of carboxylic acids is 2. The van der Waals surface area contributed by atoms with E-state index in [4.69, 9.17) is 28.4 Å². The van der Waals surface area contributed by atoms with Gasteiger partial charge in [-0.3, -0.25) is 9.59 Å². The molecule has 1 fully saturated rings. The average Bonchev–Trinajstić information content (AvgIpc) is 3.28. The first kappa shape index (κ1) is 47.6. The summed E-state index contributed by atoms with van der Waals surface area (Å²) in [5.74, 6) is -33.3. The second-order valence-corrected chi connectivity index (χ2v) is 15.2. The Morgan fingerprint density at radius 2 is 1.10 bits per heavy atom. The zero-order valence-corrected chi connectivity index (χ0v) is 33.9. The summed E-state index contributed by atoms with van der Waals surface area (Å²) in [5, 5.41) is 157. The second kappa shape index (κ2) is 17.5. The van der Waals surface area contributed by atoms with Crippen LogP contribution in [0.4, 0.5) is 0 Å². The molecule has 3 aliphatic rings. The summed E-state index contributed by atoms with van der Waals surface area (Å²) in [4.78, 5) is 94.0. The van der Waals surface area contributed by atoms with Gasteiger partial charge in [-0.25, -0.2) is 24.0 Å². The lowest BCUT2D eigenvalue weighted by Gasteiger charge is -2.43. The van der Waals surface area contributed by atoms with Crippen LogP contribution in [0.2, 0.25) is 0 Å². The SMILES string of the molecule is O=C(O)CC(C(=O)O[C@H]1[C@H]2OC(=O)c3cc(O)c(O)c(O)c3-c3c(cc(O)c(O)c3O)C(=O)OC[C@H]1O[C@@H](OC(=O)c1cc(O)c(O)c(O)c1)[C@H]2O)C1c2c(cc(O)c(O)c2O)C(=O)OC1C(=O)O. The van der Waals surface area contributed by atoms with E-state index in [2.05, 4.69) is 0 Å². The first-order valence-electron chi connectivity index (χ1n) is 19.2. The minimum atomic E-state index is -2.70. The molecule has 0 saturated carbocycles. The van der Waals surface area contributed by atoms with Crippen molar-refractivity contribution >= 4 is 41.8 Å². The smallest absolute Gasteiger partial charge is 0.345 e. The van der Waals surface area contributed by atoms with Crippen molar-refractivity contribution in [3.05, 3.63) is 58.1 Å². The molecule has 0 spiro atoms. The highest BCUT2D eigenvalue weighted by Crippen LogP contribution is 2.54. The Morgan fingerprint density at radius 3 is 1.64 bits per heavy atom. The number of carbonyl (C=O) groups excluding carboxylic acids is 5. The number of cyclic esters (lactones) is 2. The van der Waals surface area contributed by atoms with Crippen molar-refractivity contribution in [1.82, 2.24) is 0 Å². The van der Waals surface area contributed by atoms with Crippen LogP contribution in [0.1, 0.15) is 59.3 Å². The first-order chi connectivity index (χ1) is 32.3. The molecule has 3 heterocycles. The number of aromatic hydroxyl groups is 12.